The van der Waals surface area contributed by atoms with Crippen LogP contribution in [0.2, 0.25) is 0 Å². The third-order valence-corrected chi connectivity index (χ3v) is 1.96. The van der Waals surface area contributed by atoms with Gasteiger partial charge in [-0.2, -0.15) is 5.10 Å². The monoisotopic (exact) mass is 205 g/mol. The van der Waals surface area contributed by atoms with Gasteiger partial charge in [-0.1, -0.05) is 0 Å². The summed E-state index contributed by atoms with van der Waals surface area (Å²) in [4.78, 5) is 18.3. The molecule has 0 unspecified atom stereocenters. The molecule has 0 saturated heterocycles. The van der Waals surface area contributed by atoms with E-state index in [-0.39, 0.29) is 5.91 Å². The predicted molar refractivity (Wildman–Crippen MR) is 53.0 cm³/mol. The van der Waals surface area contributed by atoms with Crippen LogP contribution in [0.4, 0.5) is 0 Å². The second-order valence-corrected chi connectivity index (χ2v) is 3.16. The number of hydrogen-bond donors (Lipinski definition) is 2. The van der Waals surface area contributed by atoms with E-state index in [0.29, 0.717) is 12.1 Å². The molecule has 78 valence electrons. The topological polar surface area (TPSA) is 75.6 Å². The van der Waals surface area contributed by atoms with E-state index in [4.69, 9.17) is 0 Å². The summed E-state index contributed by atoms with van der Waals surface area (Å²) in [6.45, 7) is 0.438. The number of hydrogen-bond acceptors (Lipinski definition) is 3. The molecule has 0 bridgehead atoms. The number of nitrogens with zero attached hydrogens (tertiary/aromatic N) is 3. The van der Waals surface area contributed by atoms with Crippen molar-refractivity contribution in [2.75, 3.05) is 0 Å². The van der Waals surface area contributed by atoms with Crippen LogP contribution >= 0.6 is 0 Å². The zero-order chi connectivity index (χ0) is 10.7. The van der Waals surface area contributed by atoms with E-state index in [1.807, 2.05) is 0 Å². The second-order valence-electron chi connectivity index (χ2n) is 3.16. The standard InChI is InChI=1S/C9H11N5O/c1-14-5-7(2-13-14)9(15)11-4-8-3-10-6-12-8/h2-3,5-6H,4H2,1H3,(H,10,12)(H,11,15). The zero-order valence-corrected chi connectivity index (χ0v) is 8.27. The molecule has 0 fully saturated rings. The molecule has 6 nitrogen and oxygen atoms in total. The quantitative estimate of drug-likeness (QED) is 0.744. The van der Waals surface area contributed by atoms with Crippen LogP contribution < -0.4 is 5.32 Å². The molecule has 2 aromatic heterocycles. The lowest BCUT2D eigenvalue weighted by Crippen LogP contribution is -2.22. The molecule has 2 N–H and O–H groups in total. The third-order valence-electron chi connectivity index (χ3n) is 1.96. The fourth-order valence-corrected chi connectivity index (χ4v) is 1.20. The number of aromatic nitrogens is 4. The van der Waals surface area contributed by atoms with Crippen LogP contribution in [0.15, 0.2) is 24.9 Å². The summed E-state index contributed by atoms with van der Waals surface area (Å²) in [5, 5.41) is 6.67. The molecule has 2 rings (SSSR count). The van der Waals surface area contributed by atoms with E-state index in [2.05, 4.69) is 20.4 Å². The molecule has 0 aliphatic rings. The Morgan fingerprint density at radius 2 is 2.47 bits per heavy atom. The first kappa shape index (κ1) is 9.45. The van der Waals surface area contributed by atoms with Crippen molar-refractivity contribution in [2.24, 2.45) is 7.05 Å². The SMILES string of the molecule is Cn1cc(C(=O)NCc2cnc[nH]2)cn1. The van der Waals surface area contributed by atoms with Crippen LogP contribution in [-0.2, 0) is 13.6 Å². The van der Waals surface area contributed by atoms with Gasteiger partial charge in [0.25, 0.3) is 5.91 Å². The zero-order valence-electron chi connectivity index (χ0n) is 8.27. The molecule has 0 saturated carbocycles. The van der Waals surface area contributed by atoms with Gasteiger partial charge < -0.3 is 10.3 Å². The van der Waals surface area contributed by atoms with Crippen LogP contribution in [0.5, 0.6) is 0 Å². The van der Waals surface area contributed by atoms with E-state index in [1.165, 1.54) is 6.20 Å². The average Bonchev–Trinajstić information content (AvgIpc) is 2.84. The fourth-order valence-electron chi connectivity index (χ4n) is 1.20. The Kier molecular flexibility index (Phi) is 2.49. The van der Waals surface area contributed by atoms with Crippen molar-refractivity contribution < 1.29 is 4.79 Å². The first-order valence-electron chi connectivity index (χ1n) is 4.50. The highest BCUT2D eigenvalue weighted by molar-refractivity contribution is 5.93. The molecule has 0 aromatic carbocycles. The van der Waals surface area contributed by atoms with Crippen molar-refractivity contribution in [2.45, 2.75) is 6.54 Å². The number of nitrogens with one attached hydrogen (secondary N) is 2. The van der Waals surface area contributed by atoms with Crippen molar-refractivity contribution in [3.05, 3.63) is 36.2 Å². The second kappa shape index (κ2) is 3.95. The maximum atomic E-state index is 11.6. The minimum absolute atomic E-state index is 0.141. The number of aromatic amines is 1. The van der Waals surface area contributed by atoms with Crippen LogP contribution in [0.1, 0.15) is 16.1 Å². The molecule has 0 atom stereocenters. The van der Waals surface area contributed by atoms with Gasteiger partial charge >= 0.3 is 0 Å². The Morgan fingerprint density at radius 1 is 1.60 bits per heavy atom. The summed E-state index contributed by atoms with van der Waals surface area (Å²) in [7, 11) is 1.77. The Balaban J connectivity index is 1.93. The summed E-state index contributed by atoms with van der Waals surface area (Å²) >= 11 is 0. The van der Waals surface area contributed by atoms with E-state index < -0.39 is 0 Å². The van der Waals surface area contributed by atoms with Crippen molar-refractivity contribution >= 4 is 5.91 Å². The van der Waals surface area contributed by atoms with Crippen molar-refractivity contribution in [1.29, 1.82) is 0 Å². The number of rotatable bonds is 3. The normalized spacial score (nSPS) is 10.2. The van der Waals surface area contributed by atoms with Crippen molar-refractivity contribution in [1.82, 2.24) is 25.1 Å². The van der Waals surface area contributed by atoms with Gasteiger partial charge in [-0.05, 0) is 0 Å². The molecule has 2 aromatic rings. The van der Waals surface area contributed by atoms with Gasteiger partial charge in [-0.3, -0.25) is 9.48 Å². The number of amides is 1. The van der Waals surface area contributed by atoms with E-state index in [0.717, 1.165) is 5.69 Å². The highest BCUT2D eigenvalue weighted by Gasteiger charge is 2.06. The number of imidazole rings is 1. The molecule has 1 amide bonds. The van der Waals surface area contributed by atoms with E-state index >= 15 is 0 Å². The van der Waals surface area contributed by atoms with E-state index in [9.17, 15) is 4.79 Å². The summed E-state index contributed by atoms with van der Waals surface area (Å²) in [5.41, 5.74) is 1.42. The smallest absolute Gasteiger partial charge is 0.254 e. The van der Waals surface area contributed by atoms with Crippen molar-refractivity contribution in [3.8, 4) is 0 Å². The number of aryl methyl sites for hydroxylation is 1. The highest BCUT2D eigenvalue weighted by atomic mass is 16.1. The van der Waals surface area contributed by atoms with Gasteiger partial charge in [-0.25, -0.2) is 4.98 Å². The molecular formula is C9H11N5O. The van der Waals surface area contributed by atoms with E-state index in [1.54, 1.807) is 30.5 Å². The summed E-state index contributed by atoms with van der Waals surface area (Å²) in [6.07, 6.45) is 6.44. The summed E-state index contributed by atoms with van der Waals surface area (Å²) in [6, 6.07) is 0. The number of H-pyrrole nitrogens is 1. The summed E-state index contributed by atoms with van der Waals surface area (Å²) < 4.78 is 1.59. The van der Waals surface area contributed by atoms with Gasteiger partial charge in [-0.15, -0.1) is 0 Å². The van der Waals surface area contributed by atoms with Gasteiger partial charge in [0, 0.05) is 19.4 Å². The van der Waals surface area contributed by atoms with Gasteiger partial charge in [0.1, 0.15) is 0 Å². The largest absolute Gasteiger partial charge is 0.347 e. The molecule has 0 aliphatic heterocycles. The van der Waals surface area contributed by atoms with Gasteiger partial charge in [0.2, 0.25) is 0 Å². The molecule has 0 radical (unpaired) electrons. The first-order valence-corrected chi connectivity index (χ1v) is 4.50. The van der Waals surface area contributed by atoms with Crippen LogP contribution in [0.25, 0.3) is 0 Å². The molecule has 0 aliphatic carbocycles. The fraction of sp³-hybridized carbons (Fsp3) is 0.222. The minimum atomic E-state index is -0.141. The lowest BCUT2D eigenvalue weighted by molar-refractivity contribution is 0.0950. The molecule has 2 heterocycles. The molecule has 0 spiro atoms. The highest BCUT2D eigenvalue weighted by Crippen LogP contribution is 1.97. The Labute approximate surface area is 86.3 Å². The third kappa shape index (κ3) is 2.22. The maximum absolute atomic E-state index is 11.6. The summed E-state index contributed by atoms with van der Waals surface area (Å²) in [5.74, 6) is -0.141. The first-order chi connectivity index (χ1) is 7.25. The predicted octanol–water partition coefficient (Wildman–Crippen LogP) is 0.0732. The van der Waals surface area contributed by atoms with Crippen LogP contribution in [0.3, 0.4) is 0 Å². The molecule has 15 heavy (non-hydrogen) atoms. The maximum Gasteiger partial charge on any atom is 0.254 e. The average molecular weight is 205 g/mol. The minimum Gasteiger partial charge on any atom is -0.347 e. The van der Waals surface area contributed by atoms with Crippen molar-refractivity contribution in [3.63, 3.8) is 0 Å². The molecular weight excluding hydrogens is 194 g/mol. The van der Waals surface area contributed by atoms with Crippen LogP contribution in [0, 0.1) is 0 Å². The lowest BCUT2D eigenvalue weighted by atomic mass is 10.3. The Morgan fingerprint density at radius 3 is 3.07 bits per heavy atom. The number of carbonyl (C=O) groups is 1. The lowest BCUT2D eigenvalue weighted by Gasteiger charge is -2.00. The van der Waals surface area contributed by atoms with Gasteiger partial charge in [0.15, 0.2) is 0 Å². The van der Waals surface area contributed by atoms with Crippen LogP contribution in [-0.4, -0.2) is 25.7 Å². The van der Waals surface area contributed by atoms with Gasteiger partial charge in [0.05, 0.1) is 30.3 Å². The Hall–Kier alpha value is -2.11. The Bertz CT molecular complexity index is 445. The number of carbonyl (C=O) groups excluding carboxylic acids is 1. The molecule has 6 heteroatoms.